The van der Waals surface area contributed by atoms with Crippen LogP contribution >= 0.6 is 0 Å². The molecule has 0 N–H and O–H groups in total. The second-order valence-electron chi connectivity index (χ2n) is 6.30. The quantitative estimate of drug-likeness (QED) is 0.831. The first-order valence-electron chi connectivity index (χ1n) is 7.96. The number of amides is 1. The molecular weight excluding hydrogens is 306 g/mol. The largest absolute Gasteiger partial charge is 0.469 e. The molecule has 0 saturated carbocycles. The number of halogens is 2. The molecule has 2 aliphatic heterocycles. The van der Waals surface area contributed by atoms with Gasteiger partial charge >= 0.3 is 0 Å². The van der Waals surface area contributed by atoms with Crippen molar-refractivity contribution in [3.63, 3.8) is 0 Å². The molecule has 0 unspecified atom stereocenters. The number of aryl methyl sites for hydroxylation is 1. The van der Waals surface area contributed by atoms with Crippen LogP contribution in [-0.2, 0) is 4.74 Å². The molecule has 1 aromatic rings. The van der Waals surface area contributed by atoms with Gasteiger partial charge in [-0.25, -0.2) is 8.78 Å². The van der Waals surface area contributed by atoms with Gasteiger partial charge in [0.25, 0.3) is 11.8 Å². The maximum Gasteiger partial charge on any atom is 0.262 e. The predicted molar refractivity (Wildman–Crippen MR) is 79.7 cm³/mol. The average molecular weight is 328 g/mol. The topological polar surface area (TPSA) is 45.9 Å². The van der Waals surface area contributed by atoms with E-state index in [1.54, 1.807) is 17.9 Å². The molecule has 0 spiro atoms. The number of hydrogen-bond donors (Lipinski definition) is 0. The van der Waals surface area contributed by atoms with Gasteiger partial charge in [-0.05, 0) is 19.9 Å². The zero-order valence-electron chi connectivity index (χ0n) is 13.4. The summed E-state index contributed by atoms with van der Waals surface area (Å²) >= 11 is 0. The van der Waals surface area contributed by atoms with Crippen molar-refractivity contribution in [1.82, 2.24) is 9.80 Å². The Balaban J connectivity index is 1.59. The number of likely N-dealkylation sites (tertiary alicyclic amines) is 2. The standard InChI is InChI=1S/C16H22F2N2O3/c1-3-22-9-12-6-16(17,18)10-20(12)13-7-19(8-13)15(21)14-4-5-23-11(14)2/h4-5,12-13H,3,6-10H2,1-2H3/t12-/m0/s1. The maximum absolute atomic E-state index is 13.7. The summed E-state index contributed by atoms with van der Waals surface area (Å²) in [6.45, 7) is 5.13. The lowest BCUT2D eigenvalue weighted by molar-refractivity contribution is -0.0148. The summed E-state index contributed by atoms with van der Waals surface area (Å²) in [5, 5.41) is 0. The molecule has 2 fully saturated rings. The van der Waals surface area contributed by atoms with E-state index in [9.17, 15) is 13.6 Å². The second kappa shape index (κ2) is 6.20. The summed E-state index contributed by atoms with van der Waals surface area (Å²) in [6.07, 6.45) is 1.32. The van der Waals surface area contributed by atoms with Gasteiger partial charge in [-0.15, -0.1) is 0 Å². The number of hydrogen-bond acceptors (Lipinski definition) is 4. The zero-order chi connectivity index (χ0) is 16.6. The minimum atomic E-state index is -2.67. The Morgan fingerprint density at radius 2 is 2.22 bits per heavy atom. The van der Waals surface area contributed by atoms with Crippen LogP contribution < -0.4 is 0 Å². The van der Waals surface area contributed by atoms with E-state index in [0.717, 1.165) is 0 Å². The van der Waals surface area contributed by atoms with Crippen molar-refractivity contribution in [3.05, 3.63) is 23.7 Å². The first kappa shape index (κ1) is 16.4. The summed E-state index contributed by atoms with van der Waals surface area (Å²) < 4.78 is 38.0. The molecular formula is C16H22F2N2O3. The van der Waals surface area contributed by atoms with Gasteiger partial charge in [0.15, 0.2) is 0 Å². The highest BCUT2D eigenvalue weighted by Gasteiger charge is 2.50. The fourth-order valence-corrected chi connectivity index (χ4v) is 3.37. The van der Waals surface area contributed by atoms with Crippen LogP contribution in [0.2, 0.25) is 0 Å². The molecule has 23 heavy (non-hydrogen) atoms. The SMILES string of the molecule is CCOC[C@@H]1CC(F)(F)CN1C1CN(C(=O)c2ccoc2C)C1. The monoisotopic (exact) mass is 328 g/mol. The molecule has 2 saturated heterocycles. The lowest BCUT2D eigenvalue weighted by atomic mass is 10.0. The Hall–Kier alpha value is -1.47. The minimum Gasteiger partial charge on any atom is -0.469 e. The van der Waals surface area contributed by atoms with Crippen LogP contribution in [0.15, 0.2) is 16.7 Å². The number of carbonyl (C=O) groups is 1. The zero-order valence-corrected chi connectivity index (χ0v) is 13.4. The van der Waals surface area contributed by atoms with Crippen molar-refractivity contribution in [3.8, 4) is 0 Å². The summed E-state index contributed by atoms with van der Waals surface area (Å²) in [5.74, 6) is -2.19. The molecule has 1 amide bonds. The Labute approximate surface area is 134 Å². The average Bonchev–Trinajstić information content (AvgIpc) is 2.98. The van der Waals surface area contributed by atoms with E-state index in [2.05, 4.69) is 0 Å². The van der Waals surface area contributed by atoms with Crippen LogP contribution in [0.4, 0.5) is 8.78 Å². The number of furan rings is 1. The summed E-state index contributed by atoms with van der Waals surface area (Å²) in [5.41, 5.74) is 0.543. The van der Waals surface area contributed by atoms with E-state index < -0.39 is 5.92 Å². The van der Waals surface area contributed by atoms with E-state index in [-0.39, 0.29) is 31.0 Å². The van der Waals surface area contributed by atoms with Gasteiger partial charge in [-0.3, -0.25) is 9.69 Å². The van der Waals surface area contributed by atoms with Gasteiger partial charge in [0, 0.05) is 38.2 Å². The maximum atomic E-state index is 13.7. The third kappa shape index (κ3) is 3.26. The van der Waals surface area contributed by atoms with E-state index in [0.29, 0.717) is 37.6 Å². The number of ether oxygens (including phenoxy) is 1. The Morgan fingerprint density at radius 1 is 1.48 bits per heavy atom. The molecule has 0 radical (unpaired) electrons. The van der Waals surface area contributed by atoms with Crippen molar-refractivity contribution in [2.45, 2.75) is 38.3 Å². The summed E-state index contributed by atoms with van der Waals surface area (Å²) in [7, 11) is 0. The number of alkyl halides is 2. The first-order valence-corrected chi connectivity index (χ1v) is 7.96. The van der Waals surface area contributed by atoms with Crippen molar-refractivity contribution >= 4 is 5.91 Å². The normalized spacial score (nSPS) is 24.9. The van der Waals surface area contributed by atoms with Gasteiger partial charge in [0.2, 0.25) is 0 Å². The summed E-state index contributed by atoms with van der Waals surface area (Å²) in [6, 6.07) is 1.35. The number of nitrogens with zero attached hydrogens (tertiary/aromatic N) is 2. The lowest BCUT2D eigenvalue weighted by Gasteiger charge is -2.45. The van der Waals surface area contributed by atoms with Gasteiger partial charge in [0.05, 0.1) is 25.0 Å². The number of carbonyl (C=O) groups excluding carboxylic acids is 1. The Morgan fingerprint density at radius 3 is 2.83 bits per heavy atom. The smallest absolute Gasteiger partial charge is 0.262 e. The highest BCUT2D eigenvalue weighted by atomic mass is 19.3. The number of rotatable bonds is 5. The van der Waals surface area contributed by atoms with Crippen molar-refractivity contribution in [2.24, 2.45) is 0 Å². The molecule has 7 heteroatoms. The highest BCUT2D eigenvalue weighted by Crippen LogP contribution is 2.35. The van der Waals surface area contributed by atoms with E-state index >= 15 is 0 Å². The molecule has 0 aromatic carbocycles. The van der Waals surface area contributed by atoms with E-state index in [1.807, 2.05) is 11.8 Å². The fraction of sp³-hybridized carbons (Fsp3) is 0.688. The van der Waals surface area contributed by atoms with Crippen molar-refractivity contribution < 1.29 is 22.7 Å². The lowest BCUT2D eigenvalue weighted by Crippen LogP contribution is -2.62. The van der Waals surface area contributed by atoms with Gasteiger partial charge in [-0.1, -0.05) is 0 Å². The third-order valence-electron chi connectivity index (χ3n) is 4.64. The molecule has 1 atom stereocenters. The first-order chi connectivity index (χ1) is 10.9. The molecule has 3 heterocycles. The van der Waals surface area contributed by atoms with Crippen LogP contribution in [0.5, 0.6) is 0 Å². The molecule has 5 nitrogen and oxygen atoms in total. The van der Waals surface area contributed by atoms with Crippen molar-refractivity contribution in [2.75, 3.05) is 32.8 Å². The van der Waals surface area contributed by atoms with E-state index in [1.165, 1.54) is 6.26 Å². The minimum absolute atomic E-state index is 0.0232. The Kier molecular flexibility index (Phi) is 4.42. The molecule has 2 aliphatic rings. The molecule has 0 bridgehead atoms. The third-order valence-corrected chi connectivity index (χ3v) is 4.64. The summed E-state index contributed by atoms with van der Waals surface area (Å²) in [4.78, 5) is 15.8. The van der Waals surface area contributed by atoms with Crippen LogP contribution in [0, 0.1) is 6.92 Å². The van der Waals surface area contributed by atoms with Crippen LogP contribution in [0.3, 0.4) is 0 Å². The highest BCUT2D eigenvalue weighted by molar-refractivity contribution is 5.95. The second-order valence-corrected chi connectivity index (χ2v) is 6.30. The molecule has 1 aromatic heterocycles. The van der Waals surface area contributed by atoms with Gasteiger partial charge in [-0.2, -0.15) is 0 Å². The van der Waals surface area contributed by atoms with Crippen molar-refractivity contribution in [1.29, 1.82) is 0 Å². The van der Waals surface area contributed by atoms with Gasteiger partial charge in [0.1, 0.15) is 5.76 Å². The van der Waals surface area contributed by atoms with E-state index in [4.69, 9.17) is 9.15 Å². The molecule has 3 rings (SSSR count). The van der Waals surface area contributed by atoms with Crippen LogP contribution in [0.25, 0.3) is 0 Å². The fourth-order valence-electron chi connectivity index (χ4n) is 3.37. The molecule has 0 aliphatic carbocycles. The predicted octanol–water partition coefficient (Wildman–Crippen LogP) is 2.16. The van der Waals surface area contributed by atoms with Gasteiger partial charge < -0.3 is 14.1 Å². The van der Waals surface area contributed by atoms with Crippen LogP contribution in [-0.4, -0.2) is 66.6 Å². The molecule has 128 valence electrons. The Bertz CT molecular complexity index is 569. The van der Waals surface area contributed by atoms with Crippen LogP contribution in [0.1, 0.15) is 29.5 Å².